The number of ether oxygens (including phenoxy) is 1. The second-order valence-electron chi connectivity index (χ2n) is 11.8. The highest BCUT2D eigenvalue weighted by Crippen LogP contribution is 2.49. The number of hydrogen-bond acceptors (Lipinski definition) is 5. The summed E-state index contributed by atoms with van der Waals surface area (Å²) >= 11 is 0. The molecule has 2 fully saturated rings. The average Bonchev–Trinajstić information content (AvgIpc) is 3.25. The lowest BCUT2D eigenvalue weighted by Crippen LogP contribution is -2.57. The second kappa shape index (κ2) is 12.7. The first-order valence-electron chi connectivity index (χ1n) is 14.5. The summed E-state index contributed by atoms with van der Waals surface area (Å²) < 4.78 is 86.8. The number of halogens is 6. The number of benzene rings is 2. The van der Waals surface area contributed by atoms with E-state index < -0.39 is 53.1 Å². The van der Waals surface area contributed by atoms with E-state index in [1.54, 1.807) is 30.0 Å². The van der Waals surface area contributed by atoms with Gasteiger partial charge in [0, 0.05) is 33.4 Å². The number of amides is 3. The number of carbonyl (C=O) groups is 2. The molecule has 2 aromatic carbocycles. The third kappa shape index (κ3) is 6.57. The van der Waals surface area contributed by atoms with Crippen LogP contribution in [0.25, 0.3) is 0 Å². The Labute approximate surface area is 257 Å². The van der Waals surface area contributed by atoms with Crippen molar-refractivity contribution in [1.29, 1.82) is 0 Å². The highest BCUT2D eigenvalue weighted by Gasteiger charge is 2.56. The lowest BCUT2D eigenvalue weighted by atomic mass is 9.77. The first-order chi connectivity index (χ1) is 21.0. The number of fused-ring (bicyclic) bond motifs is 1. The number of rotatable bonds is 8. The fourth-order valence-electron chi connectivity index (χ4n) is 6.64. The van der Waals surface area contributed by atoms with Gasteiger partial charge in [-0.25, -0.2) is 4.79 Å². The number of aliphatic hydroxyl groups is 2. The van der Waals surface area contributed by atoms with Gasteiger partial charge in [-0.1, -0.05) is 6.07 Å². The van der Waals surface area contributed by atoms with Crippen molar-refractivity contribution in [2.45, 2.75) is 63.6 Å². The predicted octanol–water partition coefficient (Wildman–Crippen LogP) is 5.56. The fourth-order valence-corrected chi connectivity index (χ4v) is 6.64. The van der Waals surface area contributed by atoms with Crippen LogP contribution >= 0.6 is 0 Å². The third-order valence-electron chi connectivity index (χ3n) is 9.19. The highest BCUT2D eigenvalue weighted by molar-refractivity contribution is 5.86. The van der Waals surface area contributed by atoms with Crippen molar-refractivity contribution in [2.75, 3.05) is 40.5 Å². The zero-order valence-corrected chi connectivity index (χ0v) is 25.4. The molecular weight excluding hydrogens is 608 g/mol. The van der Waals surface area contributed by atoms with E-state index in [4.69, 9.17) is 4.74 Å². The molecule has 3 amide bonds. The van der Waals surface area contributed by atoms with Crippen molar-refractivity contribution in [3.05, 3.63) is 64.2 Å². The van der Waals surface area contributed by atoms with Gasteiger partial charge in [-0.3, -0.25) is 4.79 Å². The van der Waals surface area contributed by atoms with Crippen molar-refractivity contribution >= 4 is 11.9 Å². The molecule has 0 radical (unpaired) electrons. The molecule has 2 aliphatic heterocycles. The van der Waals surface area contributed by atoms with Crippen molar-refractivity contribution < 1.29 is 50.9 Å². The molecular formula is C31H37F6N3O5. The molecule has 248 valence electrons. The van der Waals surface area contributed by atoms with Gasteiger partial charge in [0.1, 0.15) is 5.75 Å². The minimum Gasteiger partial charge on any atom is -0.497 e. The number of carbonyl (C=O) groups excluding carboxylic acids is 2. The van der Waals surface area contributed by atoms with Gasteiger partial charge < -0.3 is 29.6 Å². The Balaban J connectivity index is 1.77. The number of aryl methyl sites for hydroxylation is 1. The number of urea groups is 1. The molecule has 3 unspecified atom stereocenters. The maximum absolute atomic E-state index is 14.2. The van der Waals surface area contributed by atoms with E-state index in [1.807, 2.05) is 0 Å². The van der Waals surface area contributed by atoms with Gasteiger partial charge in [0.05, 0.1) is 41.8 Å². The number of alkyl halides is 6. The Morgan fingerprint density at radius 3 is 2.09 bits per heavy atom. The lowest BCUT2D eigenvalue weighted by Gasteiger charge is -2.47. The Morgan fingerprint density at radius 2 is 1.60 bits per heavy atom. The first kappa shape index (κ1) is 34.4. The van der Waals surface area contributed by atoms with Crippen LogP contribution in [0.15, 0.2) is 36.4 Å². The summed E-state index contributed by atoms with van der Waals surface area (Å²) in [7, 11) is 2.81. The van der Waals surface area contributed by atoms with Crippen LogP contribution in [-0.4, -0.2) is 83.4 Å². The summed E-state index contributed by atoms with van der Waals surface area (Å²) in [5.74, 6) is 0.305. The maximum atomic E-state index is 14.2. The number of aliphatic hydroxyl groups excluding tert-OH is 2. The van der Waals surface area contributed by atoms with E-state index in [2.05, 4.69) is 0 Å². The molecule has 0 aliphatic carbocycles. The molecule has 14 heteroatoms. The van der Waals surface area contributed by atoms with Gasteiger partial charge in [-0.15, -0.1) is 0 Å². The molecule has 0 saturated carbocycles. The Morgan fingerprint density at radius 1 is 1.02 bits per heavy atom. The number of nitrogens with zero attached hydrogens (tertiary/aromatic N) is 3. The second-order valence-corrected chi connectivity index (χ2v) is 11.8. The van der Waals surface area contributed by atoms with Crippen molar-refractivity contribution in [3.8, 4) is 5.75 Å². The van der Waals surface area contributed by atoms with Crippen molar-refractivity contribution in [3.63, 3.8) is 0 Å². The van der Waals surface area contributed by atoms with Crippen molar-refractivity contribution in [1.82, 2.24) is 14.7 Å². The molecule has 2 saturated heterocycles. The van der Waals surface area contributed by atoms with Crippen LogP contribution < -0.4 is 4.74 Å². The number of hydrogen-bond donors (Lipinski definition) is 2. The Bertz CT molecular complexity index is 1380. The molecule has 2 heterocycles. The van der Waals surface area contributed by atoms with E-state index >= 15 is 0 Å². The summed E-state index contributed by atoms with van der Waals surface area (Å²) in [5.41, 5.74) is -2.95. The molecule has 2 aromatic rings. The molecule has 0 bridgehead atoms. The largest absolute Gasteiger partial charge is 0.497 e. The normalized spacial score (nSPS) is 20.7. The van der Waals surface area contributed by atoms with Crippen LogP contribution in [0, 0.1) is 12.3 Å². The molecule has 2 N–H and O–H groups in total. The minimum atomic E-state index is -5.05. The predicted molar refractivity (Wildman–Crippen MR) is 151 cm³/mol. The quantitative estimate of drug-likeness (QED) is 0.367. The fraction of sp³-hybridized carbons (Fsp3) is 0.548. The van der Waals surface area contributed by atoms with E-state index in [1.165, 1.54) is 26.0 Å². The van der Waals surface area contributed by atoms with Gasteiger partial charge in [0.15, 0.2) is 0 Å². The molecule has 4 rings (SSSR count). The van der Waals surface area contributed by atoms with Crippen LogP contribution in [0.1, 0.15) is 66.1 Å². The van der Waals surface area contributed by atoms with Crippen molar-refractivity contribution in [2.24, 2.45) is 5.41 Å². The summed E-state index contributed by atoms with van der Waals surface area (Å²) in [6.07, 6.45) is -9.66. The van der Waals surface area contributed by atoms with E-state index in [0.29, 0.717) is 23.4 Å². The van der Waals surface area contributed by atoms with Crippen LogP contribution in [0.2, 0.25) is 0 Å². The van der Waals surface area contributed by atoms with Crippen LogP contribution in [0.4, 0.5) is 31.1 Å². The van der Waals surface area contributed by atoms with Gasteiger partial charge in [-0.05, 0) is 80.1 Å². The monoisotopic (exact) mass is 645 g/mol. The Kier molecular flexibility index (Phi) is 9.70. The molecule has 0 spiro atoms. The third-order valence-corrected chi connectivity index (χ3v) is 9.19. The maximum Gasteiger partial charge on any atom is 0.416 e. The van der Waals surface area contributed by atoms with E-state index in [0.717, 1.165) is 10.5 Å². The topological polar surface area (TPSA) is 93.5 Å². The molecule has 8 nitrogen and oxygen atoms in total. The highest BCUT2D eigenvalue weighted by atomic mass is 19.4. The summed E-state index contributed by atoms with van der Waals surface area (Å²) in [4.78, 5) is 32.1. The number of piperazine rings is 1. The first-order valence-corrected chi connectivity index (χ1v) is 14.5. The summed E-state index contributed by atoms with van der Waals surface area (Å²) in [6, 6.07) is 3.32. The summed E-state index contributed by atoms with van der Waals surface area (Å²) in [5, 5.41) is 19.6. The van der Waals surface area contributed by atoms with Crippen LogP contribution in [-0.2, 0) is 17.1 Å². The summed E-state index contributed by atoms with van der Waals surface area (Å²) in [6.45, 7) is 2.71. The molecule has 2 aliphatic rings. The Hall–Kier alpha value is -3.52. The SMILES string of the molecule is COc1ccc(C2C3CC(CCO)(CCO)C(=O)N3CCN2C(=O)N(C)C(C)c2cc(C(F)(F)F)cc(C(F)(F)F)c2)c(C)c1. The van der Waals surface area contributed by atoms with Gasteiger partial charge in [0.2, 0.25) is 5.91 Å². The average molecular weight is 646 g/mol. The van der Waals surface area contributed by atoms with E-state index in [-0.39, 0.29) is 63.1 Å². The van der Waals surface area contributed by atoms with Gasteiger partial charge in [-0.2, -0.15) is 26.3 Å². The smallest absolute Gasteiger partial charge is 0.416 e. The van der Waals surface area contributed by atoms with Gasteiger partial charge in [0.25, 0.3) is 0 Å². The van der Waals surface area contributed by atoms with E-state index in [9.17, 15) is 46.1 Å². The van der Waals surface area contributed by atoms with Gasteiger partial charge >= 0.3 is 18.4 Å². The zero-order valence-electron chi connectivity index (χ0n) is 25.4. The van der Waals surface area contributed by atoms with Crippen LogP contribution in [0.5, 0.6) is 5.75 Å². The minimum absolute atomic E-state index is 0.0268. The molecule has 45 heavy (non-hydrogen) atoms. The zero-order chi connectivity index (χ0) is 33.5. The number of methoxy groups -OCH3 is 1. The van der Waals surface area contributed by atoms with Crippen LogP contribution in [0.3, 0.4) is 0 Å². The molecule has 0 aromatic heterocycles. The molecule has 3 atom stereocenters. The standard InChI is InChI=1S/C31H37F6N3O5/c1-18-13-23(45-4)5-6-24(18)26-25-17-29(7-11-41,8-12-42)27(43)39(25)9-10-40(26)28(44)38(3)19(2)20-14-21(30(32,33)34)16-22(15-20)31(35,36)37/h5-6,13-16,19,25-26,41-42H,7-12,17H2,1-4H3. The lowest BCUT2D eigenvalue weighted by molar-refractivity contribution is -0.143.